The molecule has 11 nitrogen and oxygen atoms in total. The second-order valence-electron chi connectivity index (χ2n) is 9.55. The van der Waals surface area contributed by atoms with Crippen LogP contribution in [0.2, 0.25) is 0 Å². The first-order valence-electron chi connectivity index (χ1n) is 13.2. The molecule has 1 atom stereocenters. The van der Waals surface area contributed by atoms with E-state index in [0.29, 0.717) is 12.0 Å². The normalized spacial score (nSPS) is 16.7. The lowest BCUT2D eigenvalue weighted by atomic mass is 9.95. The highest BCUT2D eigenvalue weighted by Crippen LogP contribution is 2.40. The number of benzene rings is 2. The molecule has 0 bridgehead atoms. The summed E-state index contributed by atoms with van der Waals surface area (Å²) in [6, 6.07) is 9.66. The van der Waals surface area contributed by atoms with Gasteiger partial charge >= 0.3 is 0 Å². The number of rotatable bonds is 14. The third kappa shape index (κ3) is 7.05. The molecule has 0 radical (unpaired) electrons. The van der Waals surface area contributed by atoms with E-state index >= 15 is 0 Å². The number of nitro groups is 2. The molecule has 2 aromatic carbocycles. The van der Waals surface area contributed by atoms with Gasteiger partial charge in [-0.3, -0.25) is 29.8 Å². The molecule has 0 aromatic heterocycles. The van der Waals surface area contributed by atoms with Gasteiger partial charge in [0, 0.05) is 36.4 Å². The van der Waals surface area contributed by atoms with Crippen LogP contribution < -0.4 is 0 Å². The van der Waals surface area contributed by atoms with E-state index in [-0.39, 0.29) is 29.1 Å². The average molecular weight is 539 g/mol. The fraction of sp³-hybridized carbons (Fsp3) is 0.429. The van der Waals surface area contributed by atoms with Crippen molar-refractivity contribution in [2.24, 2.45) is 0 Å². The zero-order valence-corrected chi connectivity index (χ0v) is 22.2. The molecule has 208 valence electrons. The number of amides is 1. The van der Waals surface area contributed by atoms with Crippen molar-refractivity contribution in [3.8, 4) is 0 Å². The molecular weight excluding hydrogens is 504 g/mol. The Labute approximate surface area is 227 Å². The highest BCUT2D eigenvalue weighted by molar-refractivity contribution is 6.46. The van der Waals surface area contributed by atoms with Gasteiger partial charge in [-0.05, 0) is 56.6 Å². The van der Waals surface area contributed by atoms with Crippen LogP contribution >= 0.6 is 0 Å². The van der Waals surface area contributed by atoms with Crippen molar-refractivity contribution >= 4 is 28.8 Å². The summed E-state index contributed by atoms with van der Waals surface area (Å²) in [6.45, 7) is 7.08. The minimum absolute atomic E-state index is 0.0272. The number of hydrogen-bond acceptors (Lipinski definition) is 8. The second kappa shape index (κ2) is 13.6. The molecular formula is C28H34N4O7. The number of likely N-dealkylation sites (tertiary alicyclic amines) is 1. The van der Waals surface area contributed by atoms with Crippen LogP contribution in [-0.4, -0.2) is 62.6 Å². The van der Waals surface area contributed by atoms with Crippen molar-refractivity contribution in [2.75, 3.05) is 26.2 Å². The Balaban J connectivity index is 1.98. The van der Waals surface area contributed by atoms with E-state index in [4.69, 9.17) is 0 Å². The van der Waals surface area contributed by atoms with Crippen LogP contribution in [0.1, 0.15) is 63.1 Å². The van der Waals surface area contributed by atoms with Gasteiger partial charge < -0.3 is 14.9 Å². The first-order valence-corrected chi connectivity index (χ1v) is 13.2. The smallest absolute Gasteiger partial charge is 0.295 e. The molecule has 3 rings (SSSR count). The van der Waals surface area contributed by atoms with Crippen molar-refractivity contribution in [3.05, 3.63) is 85.5 Å². The standard InChI is InChI=1S/C28H34N4O7/c1-3-5-15-29(16-6-4-2)17-8-18-30-25(20-11-13-22(14-12-20)31(36)37)24(27(34)28(30)35)26(33)21-9-7-10-23(19-21)32(38)39/h7,9-14,19,25,33H,3-6,8,15-18H2,1-2H3/t25-/m0/s1. The number of aliphatic hydroxyl groups excluding tert-OH is 1. The van der Waals surface area contributed by atoms with Crippen molar-refractivity contribution in [3.63, 3.8) is 0 Å². The van der Waals surface area contributed by atoms with Gasteiger partial charge in [-0.25, -0.2) is 0 Å². The maximum absolute atomic E-state index is 13.2. The highest BCUT2D eigenvalue weighted by Gasteiger charge is 2.46. The molecule has 1 fully saturated rings. The van der Waals surface area contributed by atoms with Gasteiger partial charge in [0.25, 0.3) is 23.1 Å². The van der Waals surface area contributed by atoms with Crippen molar-refractivity contribution in [2.45, 2.75) is 52.0 Å². The maximum atomic E-state index is 13.2. The molecule has 1 amide bonds. The van der Waals surface area contributed by atoms with Gasteiger partial charge in [-0.2, -0.15) is 0 Å². The van der Waals surface area contributed by atoms with Crippen LogP contribution in [0, 0.1) is 20.2 Å². The molecule has 1 aliphatic heterocycles. The SMILES string of the molecule is CCCCN(CCCC)CCCN1C(=O)C(=O)C(=C(O)c2cccc([N+](=O)[O-])c2)[C@@H]1c1ccc([N+](=O)[O-])cc1. The minimum atomic E-state index is -0.996. The molecule has 1 N–H and O–H groups in total. The summed E-state index contributed by atoms with van der Waals surface area (Å²) in [5, 5.41) is 33.6. The number of carbonyl (C=O) groups is 2. The Morgan fingerprint density at radius 3 is 2.05 bits per heavy atom. The fourth-order valence-corrected chi connectivity index (χ4v) is 4.72. The Hall–Kier alpha value is -4.12. The summed E-state index contributed by atoms with van der Waals surface area (Å²) in [6.07, 6.45) is 4.82. The topological polar surface area (TPSA) is 147 Å². The number of ketones is 1. The number of non-ortho nitro benzene ring substituents is 2. The van der Waals surface area contributed by atoms with E-state index in [9.17, 15) is 34.9 Å². The maximum Gasteiger partial charge on any atom is 0.295 e. The first-order chi connectivity index (χ1) is 18.7. The van der Waals surface area contributed by atoms with Crippen LogP contribution in [0.25, 0.3) is 5.76 Å². The average Bonchev–Trinajstić information content (AvgIpc) is 3.18. The summed E-state index contributed by atoms with van der Waals surface area (Å²) in [4.78, 5) is 51.4. The molecule has 0 aliphatic carbocycles. The number of carbonyl (C=O) groups excluding carboxylic acids is 2. The molecule has 1 aliphatic rings. The molecule has 0 unspecified atom stereocenters. The largest absolute Gasteiger partial charge is 0.507 e. The Morgan fingerprint density at radius 1 is 0.897 bits per heavy atom. The van der Waals surface area contributed by atoms with E-state index in [2.05, 4.69) is 18.7 Å². The molecule has 1 saturated heterocycles. The summed E-state index contributed by atoms with van der Waals surface area (Å²) in [5.74, 6) is -2.23. The van der Waals surface area contributed by atoms with Gasteiger partial charge in [0.15, 0.2) is 0 Å². The number of nitrogens with zero attached hydrogens (tertiary/aromatic N) is 4. The Bertz CT molecular complexity index is 1230. The van der Waals surface area contributed by atoms with E-state index in [0.717, 1.165) is 51.4 Å². The lowest BCUT2D eigenvalue weighted by Crippen LogP contribution is -2.34. The quantitative estimate of drug-likeness (QED) is 0.113. The van der Waals surface area contributed by atoms with Gasteiger partial charge in [0.05, 0.1) is 21.5 Å². The van der Waals surface area contributed by atoms with Crippen LogP contribution in [-0.2, 0) is 9.59 Å². The number of aliphatic hydroxyl groups is 1. The van der Waals surface area contributed by atoms with Gasteiger partial charge in [-0.1, -0.05) is 38.8 Å². The van der Waals surface area contributed by atoms with Gasteiger partial charge in [-0.15, -0.1) is 0 Å². The third-order valence-corrected chi connectivity index (χ3v) is 6.82. The number of nitro benzene ring substituents is 2. The highest BCUT2D eigenvalue weighted by atomic mass is 16.6. The van der Waals surface area contributed by atoms with E-state index < -0.39 is 33.3 Å². The number of Topliss-reactive ketones (excluding diaryl/α,β-unsaturated/α-hetero) is 1. The fourth-order valence-electron chi connectivity index (χ4n) is 4.72. The van der Waals surface area contributed by atoms with Crippen molar-refractivity contribution in [1.29, 1.82) is 0 Å². The first kappa shape index (κ1) is 29.4. The Morgan fingerprint density at radius 2 is 1.49 bits per heavy atom. The summed E-state index contributed by atoms with van der Waals surface area (Å²) in [7, 11) is 0. The Kier molecular flexibility index (Phi) is 10.3. The molecule has 39 heavy (non-hydrogen) atoms. The molecule has 0 saturated carbocycles. The third-order valence-electron chi connectivity index (χ3n) is 6.82. The van der Waals surface area contributed by atoms with Gasteiger partial charge in [0.2, 0.25) is 0 Å². The van der Waals surface area contributed by atoms with Gasteiger partial charge in [0.1, 0.15) is 5.76 Å². The number of unbranched alkanes of at least 4 members (excludes halogenated alkanes) is 2. The van der Waals surface area contributed by atoms with Crippen LogP contribution in [0.15, 0.2) is 54.1 Å². The predicted molar refractivity (Wildman–Crippen MR) is 146 cm³/mol. The monoisotopic (exact) mass is 538 g/mol. The molecule has 11 heteroatoms. The van der Waals surface area contributed by atoms with Crippen molar-refractivity contribution in [1.82, 2.24) is 9.80 Å². The lowest BCUT2D eigenvalue weighted by Gasteiger charge is -2.27. The van der Waals surface area contributed by atoms with Crippen LogP contribution in [0.3, 0.4) is 0 Å². The molecule has 1 heterocycles. The van der Waals surface area contributed by atoms with Crippen LogP contribution in [0.5, 0.6) is 0 Å². The molecule has 2 aromatic rings. The van der Waals surface area contributed by atoms with Crippen LogP contribution in [0.4, 0.5) is 11.4 Å². The lowest BCUT2D eigenvalue weighted by molar-refractivity contribution is -0.385. The van der Waals surface area contributed by atoms with E-state index in [1.165, 1.54) is 47.4 Å². The predicted octanol–water partition coefficient (Wildman–Crippen LogP) is 5.22. The summed E-state index contributed by atoms with van der Waals surface area (Å²) < 4.78 is 0. The van der Waals surface area contributed by atoms with E-state index in [1.54, 1.807) is 0 Å². The van der Waals surface area contributed by atoms with Crippen molar-refractivity contribution < 1.29 is 24.5 Å². The molecule has 0 spiro atoms. The summed E-state index contributed by atoms with van der Waals surface area (Å²) >= 11 is 0. The minimum Gasteiger partial charge on any atom is -0.507 e. The second-order valence-corrected chi connectivity index (χ2v) is 9.55. The zero-order chi connectivity index (χ0) is 28.5. The summed E-state index contributed by atoms with van der Waals surface area (Å²) in [5.41, 5.74) is -0.195. The zero-order valence-electron chi connectivity index (χ0n) is 22.2. The number of hydrogen-bond donors (Lipinski definition) is 1. The van der Waals surface area contributed by atoms with E-state index in [1.807, 2.05) is 0 Å².